The lowest BCUT2D eigenvalue weighted by Crippen LogP contribution is -2.16. The van der Waals surface area contributed by atoms with Crippen molar-refractivity contribution >= 4 is 32.8 Å². The van der Waals surface area contributed by atoms with Gasteiger partial charge < -0.3 is 5.32 Å². The fourth-order valence-electron chi connectivity index (χ4n) is 1.81. The first kappa shape index (κ1) is 12.3. The molecule has 0 aliphatic carbocycles. The van der Waals surface area contributed by atoms with Crippen LogP contribution >= 0.6 is 15.9 Å². The molecule has 0 bridgehead atoms. The number of aromatic nitrogens is 2. The summed E-state index contributed by atoms with van der Waals surface area (Å²) in [6, 6.07) is 6.39. The van der Waals surface area contributed by atoms with Gasteiger partial charge in [0.15, 0.2) is 0 Å². The van der Waals surface area contributed by atoms with Crippen molar-refractivity contribution in [3.63, 3.8) is 0 Å². The lowest BCUT2D eigenvalue weighted by Gasteiger charge is -2.12. The van der Waals surface area contributed by atoms with Crippen LogP contribution in [0.15, 0.2) is 28.9 Å². The molecule has 0 aliphatic heterocycles. The third-order valence-corrected chi connectivity index (χ3v) is 3.36. The lowest BCUT2D eigenvalue weighted by molar-refractivity contribution is 0.684. The molecule has 0 saturated heterocycles. The number of benzene rings is 1. The minimum Gasteiger partial charge on any atom is -0.352 e. The van der Waals surface area contributed by atoms with Crippen LogP contribution in [0.1, 0.15) is 26.7 Å². The normalized spacial score (nSPS) is 12.6. The van der Waals surface area contributed by atoms with E-state index in [4.69, 9.17) is 0 Å². The van der Waals surface area contributed by atoms with Gasteiger partial charge in [-0.15, -0.1) is 0 Å². The fraction of sp³-hybridized carbons (Fsp3) is 0.385. The highest BCUT2D eigenvalue weighted by Gasteiger charge is 2.05. The van der Waals surface area contributed by atoms with Gasteiger partial charge in [-0.3, -0.25) is 0 Å². The van der Waals surface area contributed by atoms with Gasteiger partial charge in [0.25, 0.3) is 0 Å². The number of halogens is 1. The van der Waals surface area contributed by atoms with Gasteiger partial charge in [-0.2, -0.15) is 0 Å². The summed E-state index contributed by atoms with van der Waals surface area (Å²) in [5.41, 5.74) is 0.959. The molecule has 0 amide bonds. The van der Waals surface area contributed by atoms with E-state index in [1.807, 2.05) is 24.4 Å². The number of nitrogens with zero attached hydrogens (tertiary/aromatic N) is 2. The first-order valence-electron chi connectivity index (χ1n) is 5.88. The van der Waals surface area contributed by atoms with E-state index in [1.54, 1.807) is 0 Å². The summed E-state index contributed by atoms with van der Waals surface area (Å²) in [4.78, 5) is 8.84. The molecule has 90 valence electrons. The van der Waals surface area contributed by atoms with Gasteiger partial charge in [0.1, 0.15) is 0 Å². The van der Waals surface area contributed by atoms with Gasteiger partial charge >= 0.3 is 0 Å². The van der Waals surface area contributed by atoms with Crippen LogP contribution in [0.25, 0.3) is 10.9 Å². The number of anilines is 1. The van der Waals surface area contributed by atoms with Crippen LogP contribution < -0.4 is 5.32 Å². The van der Waals surface area contributed by atoms with Gasteiger partial charge in [0.2, 0.25) is 5.95 Å². The van der Waals surface area contributed by atoms with Crippen LogP contribution in [0.3, 0.4) is 0 Å². The molecule has 1 unspecified atom stereocenters. The van der Waals surface area contributed by atoms with Crippen LogP contribution in [0.5, 0.6) is 0 Å². The average Bonchev–Trinajstić information content (AvgIpc) is 2.29. The Kier molecular flexibility index (Phi) is 3.94. The van der Waals surface area contributed by atoms with Gasteiger partial charge in [-0.1, -0.05) is 35.3 Å². The summed E-state index contributed by atoms with van der Waals surface area (Å²) in [5.74, 6) is 0.705. The monoisotopic (exact) mass is 293 g/mol. The van der Waals surface area contributed by atoms with Crippen molar-refractivity contribution in [3.05, 3.63) is 28.9 Å². The molecule has 4 heteroatoms. The standard InChI is InChI=1S/C13H16BrN3/c1-3-5-9(2)16-13-15-8-10-11(14)6-4-7-12(10)17-13/h4,6-9H,3,5H2,1-2H3,(H,15,16,17). The maximum atomic E-state index is 4.51. The van der Waals surface area contributed by atoms with E-state index in [2.05, 4.69) is 45.1 Å². The van der Waals surface area contributed by atoms with Crippen molar-refractivity contribution in [2.45, 2.75) is 32.7 Å². The maximum Gasteiger partial charge on any atom is 0.223 e. The molecule has 1 aromatic carbocycles. The number of rotatable bonds is 4. The predicted molar refractivity (Wildman–Crippen MR) is 75.2 cm³/mol. The largest absolute Gasteiger partial charge is 0.352 e. The van der Waals surface area contributed by atoms with Crippen LogP contribution in [0.4, 0.5) is 5.95 Å². The van der Waals surface area contributed by atoms with Gasteiger partial charge in [0.05, 0.1) is 5.52 Å². The second kappa shape index (κ2) is 5.45. The van der Waals surface area contributed by atoms with Crippen LogP contribution in [0.2, 0.25) is 0 Å². The van der Waals surface area contributed by atoms with Crippen molar-refractivity contribution in [2.75, 3.05) is 5.32 Å². The Morgan fingerprint density at radius 2 is 2.24 bits per heavy atom. The molecule has 17 heavy (non-hydrogen) atoms. The highest BCUT2D eigenvalue weighted by Crippen LogP contribution is 2.22. The summed E-state index contributed by atoms with van der Waals surface area (Å²) < 4.78 is 1.03. The molecule has 1 atom stereocenters. The molecule has 1 heterocycles. The van der Waals surface area contributed by atoms with Crippen LogP contribution in [-0.2, 0) is 0 Å². The number of hydrogen-bond donors (Lipinski definition) is 1. The summed E-state index contributed by atoms with van der Waals surface area (Å²) in [6.07, 6.45) is 4.14. The van der Waals surface area contributed by atoms with E-state index >= 15 is 0 Å². The van der Waals surface area contributed by atoms with E-state index in [-0.39, 0.29) is 0 Å². The second-order valence-electron chi connectivity index (χ2n) is 4.20. The van der Waals surface area contributed by atoms with Crippen molar-refractivity contribution in [1.29, 1.82) is 0 Å². The number of hydrogen-bond acceptors (Lipinski definition) is 3. The summed E-state index contributed by atoms with van der Waals surface area (Å²) in [5, 5.41) is 4.36. The van der Waals surface area contributed by atoms with Crippen molar-refractivity contribution in [1.82, 2.24) is 9.97 Å². The summed E-state index contributed by atoms with van der Waals surface area (Å²) in [6.45, 7) is 4.33. The van der Waals surface area contributed by atoms with Crippen LogP contribution in [0, 0.1) is 0 Å². The molecule has 0 aliphatic rings. The molecule has 0 fully saturated rings. The van der Waals surface area contributed by atoms with Gasteiger partial charge in [-0.25, -0.2) is 9.97 Å². The first-order valence-corrected chi connectivity index (χ1v) is 6.68. The molecule has 1 aromatic heterocycles. The molecule has 2 aromatic rings. The third-order valence-electron chi connectivity index (χ3n) is 2.67. The highest BCUT2D eigenvalue weighted by molar-refractivity contribution is 9.10. The SMILES string of the molecule is CCCC(C)Nc1ncc2c(Br)cccc2n1. The van der Waals surface area contributed by atoms with E-state index in [0.29, 0.717) is 12.0 Å². The van der Waals surface area contributed by atoms with Crippen molar-refractivity contribution in [3.8, 4) is 0 Å². The predicted octanol–water partition coefficient (Wildman–Crippen LogP) is 3.99. The minimum atomic E-state index is 0.407. The fourth-order valence-corrected chi connectivity index (χ4v) is 2.27. The molecule has 1 N–H and O–H groups in total. The Labute approximate surface area is 110 Å². The Morgan fingerprint density at radius 1 is 1.41 bits per heavy atom. The molecular formula is C13H16BrN3. The molecule has 0 saturated carbocycles. The molecule has 2 rings (SSSR count). The maximum absolute atomic E-state index is 4.51. The van der Waals surface area contributed by atoms with Gasteiger partial charge in [-0.05, 0) is 25.5 Å². The number of fused-ring (bicyclic) bond motifs is 1. The van der Waals surface area contributed by atoms with Gasteiger partial charge in [0, 0.05) is 22.1 Å². The minimum absolute atomic E-state index is 0.407. The smallest absolute Gasteiger partial charge is 0.223 e. The van der Waals surface area contributed by atoms with Crippen molar-refractivity contribution in [2.24, 2.45) is 0 Å². The Balaban J connectivity index is 2.26. The second-order valence-corrected chi connectivity index (χ2v) is 5.05. The topological polar surface area (TPSA) is 37.8 Å². The van der Waals surface area contributed by atoms with E-state index in [0.717, 1.165) is 28.2 Å². The Hall–Kier alpha value is -1.16. The van der Waals surface area contributed by atoms with E-state index in [9.17, 15) is 0 Å². The molecule has 0 spiro atoms. The summed E-state index contributed by atoms with van der Waals surface area (Å²) in [7, 11) is 0. The van der Waals surface area contributed by atoms with E-state index in [1.165, 1.54) is 0 Å². The Bertz CT molecular complexity index is 513. The zero-order valence-electron chi connectivity index (χ0n) is 10.1. The quantitative estimate of drug-likeness (QED) is 0.926. The third kappa shape index (κ3) is 2.94. The highest BCUT2D eigenvalue weighted by atomic mass is 79.9. The zero-order valence-corrected chi connectivity index (χ0v) is 11.7. The van der Waals surface area contributed by atoms with E-state index < -0.39 is 0 Å². The summed E-state index contributed by atoms with van der Waals surface area (Å²) >= 11 is 3.50. The number of nitrogens with one attached hydrogen (secondary N) is 1. The average molecular weight is 294 g/mol. The zero-order chi connectivity index (χ0) is 12.3. The molecular weight excluding hydrogens is 278 g/mol. The lowest BCUT2D eigenvalue weighted by atomic mass is 10.2. The van der Waals surface area contributed by atoms with Crippen LogP contribution in [-0.4, -0.2) is 16.0 Å². The van der Waals surface area contributed by atoms with Crippen molar-refractivity contribution < 1.29 is 0 Å². The first-order chi connectivity index (χ1) is 8.20. The molecule has 3 nitrogen and oxygen atoms in total. The Morgan fingerprint density at radius 3 is 3.00 bits per heavy atom. The molecule has 0 radical (unpaired) electrons.